The van der Waals surface area contributed by atoms with Gasteiger partial charge in [0.1, 0.15) is 5.82 Å². The van der Waals surface area contributed by atoms with Crippen molar-refractivity contribution in [3.05, 3.63) is 36.0 Å². The molecular weight excluding hydrogens is 210 g/mol. The van der Waals surface area contributed by atoms with E-state index in [9.17, 15) is 0 Å². The second-order valence-electron chi connectivity index (χ2n) is 4.99. The smallest absolute Gasteiger partial charge is 0.123 e. The summed E-state index contributed by atoms with van der Waals surface area (Å²) in [5.41, 5.74) is 8.27. The number of likely N-dealkylation sites (tertiary alicyclic amines) is 1. The first-order valence-electron chi connectivity index (χ1n) is 6.23. The summed E-state index contributed by atoms with van der Waals surface area (Å²) in [7, 11) is 0. The summed E-state index contributed by atoms with van der Waals surface area (Å²) >= 11 is 0. The standard InChI is InChI=1S/C14H21N3/c1-11(2)13-4-7-17(8-5-13)10-12-3-6-16-14(15)9-12/h3,6,9,13H,1,4-5,7-8,10H2,2H3,(H2,15,16). The second kappa shape index (κ2) is 5.32. The highest BCUT2D eigenvalue weighted by atomic mass is 15.1. The highest BCUT2D eigenvalue weighted by Crippen LogP contribution is 2.24. The van der Waals surface area contributed by atoms with Crippen LogP contribution in [0.3, 0.4) is 0 Å². The number of hydrogen-bond donors (Lipinski definition) is 1. The minimum absolute atomic E-state index is 0.610. The number of piperidine rings is 1. The van der Waals surface area contributed by atoms with Gasteiger partial charge >= 0.3 is 0 Å². The van der Waals surface area contributed by atoms with E-state index in [1.807, 2.05) is 12.1 Å². The van der Waals surface area contributed by atoms with Gasteiger partial charge in [0.05, 0.1) is 0 Å². The van der Waals surface area contributed by atoms with E-state index in [1.165, 1.54) is 24.0 Å². The van der Waals surface area contributed by atoms with Crippen molar-refractivity contribution < 1.29 is 0 Å². The molecule has 2 rings (SSSR count). The number of anilines is 1. The van der Waals surface area contributed by atoms with Crippen molar-refractivity contribution in [1.82, 2.24) is 9.88 Å². The Morgan fingerprint density at radius 3 is 2.82 bits per heavy atom. The third-order valence-corrected chi connectivity index (χ3v) is 3.54. The number of nitrogen functional groups attached to an aromatic ring is 1. The Bertz CT molecular complexity index is 392. The van der Waals surface area contributed by atoms with E-state index < -0.39 is 0 Å². The molecule has 0 aromatic carbocycles. The maximum absolute atomic E-state index is 5.68. The highest BCUT2D eigenvalue weighted by molar-refractivity contribution is 5.31. The Morgan fingerprint density at radius 1 is 1.53 bits per heavy atom. The van der Waals surface area contributed by atoms with Gasteiger partial charge in [0.15, 0.2) is 0 Å². The minimum atomic E-state index is 0.610. The van der Waals surface area contributed by atoms with Crippen LogP contribution in [0.4, 0.5) is 5.82 Å². The van der Waals surface area contributed by atoms with Gasteiger partial charge in [0.2, 0.25) is 0 Å². The van der Waals surface area contributed by atoms with E-state index in [0.717, 1.165) is 19.6 Å². The summed E-state index contributed by atoms with van der Waals surface area (Å²) in [5.74, 6) is 1.33. The Balaban J connectivity index is 1.88. The van der Waals surface area contributed by atoms with Crippen molar-refractivity contribution in [1.29, 1.82) is 0 Å². The fourth-order valence-electron chi connectivity index (χ4n) is 2.43. The molecule has 92 valence electrons. The van der Waals surface area contributed by atoms with Crippen LogP contribution in [0.5, 0.6) is 0 Å². The van der Waals surface area contributed by atoms with Crippen molar-refractivity contribution in [3.8, 4) is 0 Å². The maximum Gasteiger partial charge on any atom is 0.123 e. The molecule has 1 aromatic rings. The normalized spacial score (nSPS) is 18.2. The van der Waals surface area contributed by atoms with Gasteiger partial charge in [-0.15, -0.1) is 0 Å². The third-order valence-electron chi connectivity index (χ3n) is 3.54. The van der Waals surface area contributed by atoms with Gasteiger partial charge < -0.3 is 5.73 Å². The topological polar surface area (TPSA) is 42.2 Å². The van der Waals surface area contributed by atoms with Crippen molar-refractivity contribution >= 4 is 5.82 Å². The number of hydrogen-bond acceptors (Lipinski definition) is 3. The van der Waals surface area contributed by atoms with Gasteiger partial charge in [-0.05, 0) is 56.5 Å². The SMILES string of the molecule is C=C(C)C1CCN(Cc2ccnc(N)c2)CC1. The molecule has 1 aliphatic heterocycles. The third kappa shape index (κ3) is 3.30. The molecule has 0 bridgehead atoms. The first-order valence-corrected chi connectivity index (χ1v) is 6.23. The average molecular weight is 231 g/mol. The molecule has 0 amide bonds. The van der Waals surface area contributed by atoms with Crippen LogP contribution in [0.1, 0.15) is 25.3 Å². The molecule has 0 aliphatic carbocycles. The van der Waals surface area contributed by atoms with Crippen LogP contribution in [-0.2, 0) is 6.54 Å². The zero-order valence-corrected chi connectivity index (χ0v) is 10.5. The minimum Gasteiger partial charge on any atom is -0.384 e. The zero-order chi connectivity index (χ0) is 12.3. The lowest BCUT2D eigenvalue weighted by atomic mass is 9.91. The summed E-state index contributed by atoms with van der Waals surface area (Å²) in [6.07, 6.45) is 4.25. The Kier molecular flexibility index (Phi) is 3.79. The zero-order valence-electron chi connectivity index (χ0n) is 10.5. The quantitative estimate of drug-likeness (QED) is 0.812. The van der Waals surface area contributed by atoms with E-state index in [-0.39, 0.29) is 0 Å². The fourth-order valence-corrected chi connectivity index (χ4v) is 2.43. The van der Waals surface area contributed by atoms with E-state index in [0.29, 0.717) is 11.7 Å². The Labute approximate surface area is 103 Å². The summed E-state index contributed by atoms with van der Waals surface area (Å²) in [6.45, 7) is 9.49. The van der Waals surface area contributed by atoms with Gasteiger partial charge in [-0.3, -0.25) is 4.90 Å². The fraction of sp³-hybridized carbons (Fsp3) is 0.500. The number of pyridine rings is 1. The van der Waals surface area contributed by atoms with Gasteiger partial charge in [-0.2, -0.15) is 0 Å². The lowest BCUT2D eigenvalue weighted by molar-refractivity contribution is 0.191. The number of rotatable bonds is 3. The molecule has 2 heterocycles. The van der Waals surface area contributed by atoms with Crippen LogP contribution in [0.25, 0.3) is 0 Å². The second-order valence-corrected chi connectivity index (χ2v) is 4.99. The van der Waals surface area contributed by atoms with E-state index in [1.54, 1.807) is 6.20 Å². The van der Waals surface area contributed by atoms with Gasteiger partial charge in [-0.25, -0.2) is 4.98 Å². The highest BCUT2D eigenvalue weighted by Gasteiger charge is 2.19. The number of nitrogens with zero attached hydrogens (tertiary/aromatic N) is 2. The Morgan fingerprint density at radius 2 is 2.24 bits per heavy atom. The van der Waals surface area contributed by atoms with Crippen LogP contribution < -0.4 is 5.73 Å². The summed E-state index contributed by atoms with van der Waals surface area (Å²) in [5, 5.41) is 0. The summed E-state index contributed by atoms with van der Waals surface area (Å²) in [4.78, 5) is 6.50. The molecule has 0 spiro atoms. The maximum atomic E-state index is 5.68. The van der Waals surface area contributed by atoms with E-state index >= 15 is 0 Å². The lowest BCUT2D eigenvalue weighted by Crippen LogP contribution is -2.33. The molecule has 0 saturated carbocycles. The van der Waals surface area contributed by atoms with Crippen LogP contribution in [-0.4, -0.2) is 23.0 Å². The average Bonchev–Trinajstić information content (AvgIpc) is 2.29. The molecular formula is C14H21N3. The summed E-state index contributed by atoms with van der Waals surface area (Å²) in [6, 6.07) is 4.01. The first-order chi connectivity index (χ1) is 8.15. The lowest BCUT2D eigenvalue weighted by Gasteiger charge is -2.32. The van der Waals surface area contributed by atoms with Gasteiger partial charge in [0, 0.05) is 12.7 Å². The molecule has 1 aromatic heterocycles. The predicted octanol–water partition coefficient (Wildman–Crippen LogP) is 2.45. The van der Waals surface area contributed by atoms with Crippen molar-refractivity contribution in [3.63, 3.8) is 0 Å². The van der Waals surface area contributed by atoms with Crippen molar-refractivity contribution in [2.24, 2.45) is 5.92 Å². The molecule has 0 radical (unpaired) electrons. The molecule has 2 N–H and O–H groups in total. The molecule has 0 atom stereocenters. The number of aromatic nitrogens is 1. The monoisotopic (exact) mass is 231 g/mol. The van der Waals surface area contributed by atoms with E-state index in [2.05, 4.69) is 23.4 Å². The molecule has 17 heavy (non-hydrogen) atoms. The van der Waals surface area contributed by atoms with Crippen LogP contribution in [0.2, 0.25) is 0 Å². The summed E-state index contributed by atoms with van der Waals surface area (Å²) < 4.78 is 0. The Hall–Kier alpha value is -1.35. The van der Waals surface area contributed by atoms with E-state index in [4.69, 9.17) is 5.73 Å². The van der Waals surface area contributed by atoms with Crippen molar-refractivity contribution in [2.45, 2.75) is 26.3 Å². The largest absolute Gasteiger partial charge is 0.384 e. The molecule has 1 aliphatic rings. The van der Waals surface area contributed by atoms with Crippen LogP contribution >= 0.6 is 0 Å². The molecule has 0 unspecified atom stereocenters. The molecule has 3 nitrogen and oxygen atoms in total. The van der Waals surface area contributed by atoms with Gasteiger partial charge in [-0.1, -0.05) is 12.2 Å². The predicted molar refractivity (Wildman–Crippen MR) is 71.5 cm³/mol. The number of allylic oxidation sites excluding steroid dienone is 1. The number of nitrogens with two attached hydrogens (primary N) is 1. The molecule has 1 fully saturated rings. The molecule has 3 heteroatoms. The van der Waals surface area contributed by atoms with Crippen LogP contribution in [0, 0.1) is 5.92 Å². The van der Waals surface area contributed by atoms with Crippen LogP contribution in [0.15, 0.2) is 30.5 Å². The first kappa shape index (κ1) is 12.1. The molecule has 1 saturated heterocycles. The van der Waals surface area contributed by atoms with Crippen molar-refractivity contribution in [2.75, 3.05) is 18.8 Å². The van der Waals surface area contributed by atoms with Gasteiger partial charge in [0.25, 0.3) is 0 Å².